The highest BCUT2D eigenvalue weighted by Crippen LogP contribution is 2.41. The van der Waals surface area contributed by atoms with Crippen LogP contribution in [0, 0.1) is 5.41 Å². The molecule has 9 nitrogen and oxygen atoms in total. The van der Waals surface area contributed by atoms with Gasteiger partial charge in [0, 0.05) is 30.7 Å². The third-order valence-corrected chi connectivity index (χ3v) is 5.89. The lowest BCUT2D eigenvalue weighted by molar-refractivity contribution is -0.184. The molecular weight excluding hydrogens is 534 g/mol. The van der Waals surface area contributed by atoms with Crippen molar-refractivity contribution >= 4 is 11.7 Å². The van der Waals surface area contributed by atoms with Gasteiger partial charge in [0.2, 0.25) is 0 Å². The Morgan fingerprint density at radius 2 is 1.74 bits per heavy atom. The summed E-state index contributed by atoms with van der Waals surface area (Å²) in [6, 6.07) is -5.60. The van der Waals surface area contributed by atoms with Crippen LogP contribution in [0.1, 0.15) is 39.4 Å². The summed E-state index contributed by atoms with van der Waals surface area (Å²) in [7, 11) is 2.63. The first kappa shape index (κ1) is 29.8. The van der Waals surface area contributed by atoms with E-state index in [1.54, 1.807) is 11.5 Å². The summed E-state index contributed by atoms with van der Waals surface area (Å²) in [5.41, 5.74) is -1.61. The van der Waals surface area contributed by atoms with Crippen molar-refractivity contribution in [1.29, 1.82) is 0 Å². The molecule has 0 fully saturated rings. The number of ether oxygens (including phenoxy) is 2. The maximum absolute atomic E-state index is 14.4. The molecular formula is C24H28F6N6O3. The minimum atomic E-state index is -5.10. The molecule has 2 amide bonds. The zero-order chi connectivity index (χ0) is 29.3. The number of alkyl halides is 6. The van der Waals surface area contributed by atoms with Gasteiger partial charge in [-0.3, -0.25) is 4.98 Å². The molecule has 1 N–H and O–H groups in total. The highest BCUT2D eigenvalue weighted by atomic mass is 19.4. The number of pyridine rings is 1. The minimum absolute atomic E-state index is 0.0612. The largest absolute Gasteiger partial charge is 0.494 e. The molecule has 0 aliphatic carbocycles. The minimum Gasteiger partial charge on any atom is -0.494 e. The molecule has 0 radical (unpaired) electrons. The Kier molecular flexibility index (Phi) is 8.22. The number of hydrogen-bond donors (Lipinski definition) is 1. The van der Waals surface area contributed by atoms with E-state index in [1.807, 2.05) is 0 Å². The van der Waals surface area contributed by atoms with Gasteiger partial charge in [0.15, 0.2) is 11.7 Å². The summed E-state index contributed by atoms with van der Waals surface area (Å²) in [6.45, 7) is 4.32. The van der Waals surface area contributed by atoms with E-state index >= 15 is 0 Å². The average molecular weight is 563 g/mol. The van der Waals surface area contributed by atoms with Gasteiger partial charge in [-0.2, -0.15) is 26.3 Å². The second kappa shape index (κ2) is 10.8. The van der Waals surface area contributed by atoms with Gasteiger partial charge >= 0.3 is 18.4 Å². The van der Waals surface area contributed by atoms with Crippen molar-refractivity contribution in [2.24, 2.45) is 5.41 Å². The number of imidazole rings is 1. The molecule has 0 spiro atoms. The van der Waals surface area contributed by atoms with E-state index in [-0.39, 0.29) is 27.8 Å². The molecule has 3 aromatic heterocycles. The van der Waals surface area contributed by atoms with Crippen LogP contribution in [0.3, 0.4) is 0 Å². The van der Waals surface area contributed by atoms with Gasteiger partial charge in [0.05, 0.1) is 31.8 Å². The molecule has 0 saturated heterocycles. The second-order valence-electron chi connectivity index (χ2n) is 9.62. The summed E-state index contributed by atoms with van der Waals surface area (Å²) in [4.78, 5) is 25.5. The first-order chi connectivity index (χ1) is 18.0. The number of fused-ring (bicyclic) bond motifs is 1. The molecule has 0 saturated carbocycles. The lowest BCUT2D eigenvalue weighted by Crippen LogP contribution is -2.57. The fourth-order valence-electron chi connectivity index (χ4n) is 4.08. The molecule has 0 aliphatic heterocycles. The monoisotopic (exact) mass is 562 g/mol. The summed E-state index contributed by atoms with van der Waals surface area (Å²) in [5, 5.41) is 1.74. The average Bonchev–Trinajstić information content (AvgIpc) is 3.31. The molecule has 15 heteroatoms. The highest BCUT2D eigenvalue weighted by molar-refractivity contribution is 5.76. The van der Waals surface area contributed by atoms with Crippen molar-refractivity contribution in [2.45, 2.75) is 52.1 Å². The van der Waals surface area contributed by atoms with Gasteiger partial charge in [0.25, 0.3) is 5.88 Å². The number of carbonyl (C=O) groups excluding carboxylic acids is 1. The second-order valence-corrected chi connectivity index (χ2v) is 9.62. The Morgan fingerprint density at radius 1 is 1.08 bits per heavy atom. The first-order valence-electron chi connectivity index (χ1n) is 11.7. The summed E-state index contributed by atoms with van der Waals surface area (Å²) in [6.07, 6.45) is -4.44. The van der Waals surface area contributed by atoms with Gasteiger partial charge in [0.1, 0.15) is 11.8 Å². The van der Waals surface area contributed by atoms with Crippen molar-refractivity contribution in [3.05, 3.63) is 36.5 Å². The number of halogens is 6. The van der Waals surface area contributed by atoms with Crippen LogP contribution in [-0.2, 0) is 0 Å². The molecule has 39 heavy (non-hydrogen) atoms. The van der Waals surface area contributed by atoms with Crippen LogP contribution in [-0.4, -0.2) is 69.4 Å². The lowest BCUT2D eigenvalue weighted by Gasteiger charge is -2.37. The number of aromatic nitrogens is 4. The van der Waals surface area contributed by atoms with Crippen molar-refractivity contribution < 1.29 is 40.6 Å². The summed E-state index contributed by atoms with van der Waals surface area (Å²) >= 11 is 0. The van der Waals surface area contributed by atoms with Crippen molar-refractivity contribution in [1.82, 2.24) is 29.6 Å². The van der Waals surface area contributed by atoms with Crippen molar-refractivity contribution in [3.8, 4) is 22.9 Å². The van der Waals surface area contributed by atoms with Crippen LogP contribution in [0.2, 0.25) is 0 Å². The quantitative estimate of drug-likeness (QED) is 0.387. The lowest BCUT2D eigenvalue weighted by atomic mass is 9.86. The van der Waals surface area contributed by atoms with Gasteiger partial charge in [-0.1, -0.05) is 20.8 Å². The molecule has 0 aromatic carbocycles. The van der Waals surface area contributed by atoms with Crippen LogP contribution in [0.5, 0.6) is 11.6 Å². The topological polar surface area (TPSA) is 93.9 Å². The molecule has 3 heterocycles. The number of methoxy groups -OCH3 is 2. The number of nitrogens with zero attached hydrogens (tertiary/aromatic N) is 5. The molecule has 3 aromatic rings. The van der Waals surface area contributed by atoms with E-state index in [1.165, 1.54) is 58.7 Å². The van der Waals surface area contributed by atoms with E-state index in [4.69, 9.17) is 9.47 Å². The van der Waals surface area contributed by atoms with Crippen LogP contribution in [0.15, 0.2) is 30.9 Å². The predicted octanol–water partition coefficient (Wildman–Crippen LogP) is 5.42. The smallest absolute Gasteiger partial charge is 0.414 e. The fourth-order valence-corrected chi connectivity index (χ4v) is 4.08. The van der Waals surface area contributed by atoms with Gasteiger partial charge in [-0.05, 0) is 18.4 Å². The van der Waals surface area contributed by atoms with Gasteiger partial charge in [-0.25, -0.2) is 14.8 Å². The van der Waals surface area contributed by atoms with E-state index < -0.39 is 48.1 Å². The Balaban J connectivity index is 2.13. The first-order valence-corrected chi connectivity index (χ1v) is 11.7. The third-order valence-electron chi connectivity index (χ3n) is 5.89. The van der Waals surface area contributed by atoms with Crippen LogP contribution >= 0.6 is 0 Å². The van der Waals surface area contributed by atoms with Crippen LogP contribution in [0.25, 0.3) is 16.9 Å². The van der Waals surface area contributed by atoms with E-state index in [9.17, 15) is 31.1 Å². The summed E-state index contributed by atoms with van der Waals surface area (Å²) < 4.78 is 96.4. The number of hydrogen-bond acceptors (Lipinski definition) is 6. The van der Waals surface area contributed by atoms with Crippen molar-refractivity contribution in [3.63, 3.8) is 0 Å². The van der Waals surface area contributed by atoms with Crippen LogP contribution < -0.4 is 14.8 Å². The number of nitrogens with one attached hydrogen (secondary N) is 1. The Labute approximate surface area is 220 Å². The van der Waals surface area contributed by atoms with E-state index in [0.717, 1.165) is 12.3 Å². The van der Waals surface area contributed by atoms with E-state index in [0.29, 0.717) is 5.65 Å². The van der Waals surface area contributed by atoms with Crippen molar-refractivity contribution in [2.75, 3.05) is 20.8 Å². The highest BCUT2D eigenvalue weighted by Gasteiger charge is 2.51. The molecule has 2 atom stereocenters. The van der Waals surface area contributed by atoms with E-state index in [2.05, 4.69) is 15.0 Å². The summed E-state index contributed by atoms with van der Waals surface area (Å²) in [5.74, 6) is 0.145. The van der Waals surface area contributed by atoms with Crippen LogP contribution in [0.4, 0.5) is 31.1 Å². The standard InChI is InChI=1S/C24H28F6N6O3/c1-7-36(21(37)34-20(22(2,3)4)24(28,29)30)17(23(25,26)27)14-10-13(16(38-5)11-32-14)15-12-35-9-8-31-18(35)19(33-15)39-6/h8-12,17,20H,7H2,1-6H3,(H,34,37)/t17-,20?/m0/s1. The normalized spacial score (nSPS) is 14.2. The molecule has 0 aliphatic rings. The Bertz CT molecular complexity index is 1300. The van der Waals surface area contributed by atoms with Gasteiger partial charge < -0.3 is 24.1 Å². The third kappa shape index (κ3) is 6.28. The molecule has 0 bridgehead atoms. The SMILES string of the molecule is CCN(C(=O)NC(C(C)(C)C)C(F)(F)F)[C@@H](c1cc(-c2cn3ccnc3c(OC)n2)c(OC)cn1)C(F)(F)F. The molecule has 214 valence electrons. The fraction of sp³-hybridized carbons (Fsp3) is 0.500. The predicted molar refractivity (Wildman–Crippen MR) is 128 cm³/mol. The zero-order valence-corrected chi connectivity index (χ0v) is 22.0. The Hall–Kier alpha value is -3.78. The molecule has 1 unspecified atom stereocenters. The number of carbonyl (C=O) groups is 1. The maximum atomic E-state index is 14.4. The maximum Gasteiger partial charge on any atom is 0.414 e. The van der Waals surface area contributed by atoms with Gasteiger partial charge in [-0.15, -0.1) is 0 Å². The number of rotatable bonds is 7. The molecule has 3 rings (SSSR count). The zero-order valence-electron chi connectivity index (χ0n) is 22.0. The Morgan fingerprint density at radius 3 is 2.26 bits per heavy atom. The number of amides is 2. The number of urea groups is 1.